The Balaban J connectivity index is 1.30. The van der Waals surface area contributed by atoms with Crippen LogP contribution in [0.25, 0.3) is 5.65 Å². The second-order valence-electron chi connectivity index (χ2n) is 5.57. The number of amides is 2. The highest BCUT2D eigenvalue weighted by Crippen LogP contribution is 2.32. The molecule has 4 rings (SSSR count). The summed E-state index contributed by atoms with van der Waals surface area (Å²) in [5.41, 5.74) is 1.10. The number of nitrogens with one attached hydrogen (secondary N) is 2. The minimum absolute atomic E-state index is 0.139. The number of aromatic nitrogens is 3. The van der Waals surface area contributed by atoms with Gasteiger partial charge in [0.25, 0.3) is 5.91 Å². The van der Waals surface area contributed by atoms with Crippen LogP contribution in [0.1, 0.15) is 16.2 Å². The molecule has 1 aliphatic rings. The zero-order chi connectivity index (χ0) is 17.9. The van der Waals surface area contributed by atoms with Crippen LogP contribution in [0.4, 0.5) is 0 Å². The van der Waals surface area contributed by atoms with E-state index in [0.717, 1.165) is 0 Å². The van der Waals surface area contributed by atoms with Crippen molar-refractivity contribution in [3.05, 3.63) is 54.0 Å². The van der Waals surface area contributed by atoms with Crippen molar-refractivity contribution < 1.29 is 19.1 Å². The third-order valence-corrected chi connectivity index (χ3v) is 3.87. The lowest BCUT2D eigenvalue weighted by Gasteiger charge is -2.07. The Hall–Kier alpha value is -3.62. The average Bonchev–Trinajstić information content (AvgIpc) is 3.30. The molecule has 0 radical (unpaired) electrons. The molecule has 0 atom stereocenters. The summed E-state index contributed by atoms with van der Waals surface area (Å²) in [5.74, 6) is 1.02. The summed E-state index contributed by atoms with van der Waals surface area (Å²) >= 11 is 0. The number of nitrogens with zero attached hydrogens (tertiary/aromatic N) is 3. The highest BCUT2D eigenvalue weighted by Gasteiger charge is 2.16. The maximum Gasteiger partial charge on any atom is 0.251 e. The van der Waals surface area contributed by atoms with Crippen LogP contribution in [-0.2, 0) is 11.3 Å². The van der Waals surface area contributed by atoms with Gasteiger partial charge in [-0.25, -0.2) is 0 Å². The molecule has 0 unspecified atom stereocenters. The summed E-state index contributed by atoms with van der Waals surface area (Å²) in [5, 5.41) is 13.3. The highest BCUT2D eigenvalue weighted by atomic mass is 16.7. The zero-order valence-corrected chi connectivity index (χ0v) is 13.6. The van der Waals surface area contributed by atoms with E-state index in [-0.39, 0.29) is 31.7 Å². The van der Waals surface area contributed by atoms with Gasteiger partial charge in [0.2, 0.25) is 12.7 Å². The summed E-state index contributed by atoms with van der Waals surface area (Å²) in [4.78, 5) is 24.1. The average molecular weight is 353 g/mol. The lowest BCUT2D eigenvalue weighted by atomic mass is 10.2. The molecule has 0 saturated heterocycles. The molecule has 2 N–H and O–H groups in total. The maximum atomic E-state index is 12.1. The predicted molar refractivity (Wildman–Crippen MR) is 89.7 cm³/mol. The van der Waals surface area contributed by atoms with Crippen molar-refractivity contribution in [2.45, 2.75) is 6.54 Å². The minimum Gasteiger partial charge on any atom is -0.454 e. The normalized spacial score (nSPS) is 12.2. The van der Waals surface area contributed by atoms with Gasteiger partial charge in [0.05, 0.1) is 13.1 Å². The number of carbonyl (C=O) groups is 2. The number of fused-ring (bicyclic) bond motifs is 2. The van der Waals surface area contributed by atoms with E-state index in [1.165, 1.54) is 0 Å². The van der Waals surface area contributed by atoms with E-state index in [1.54, 1.807) is 22.6 Å². The molecule has 3 aromatic rings. The lowest BCUT2D eigenvalue weighted by Crippen LogP contribution is -2.36. The van der Waals surface area contributed by atoms with Crippen molar-refractivity contribution in [1.29, 1.82) is 0 Å². The number of ether oxygens (including phenoxy) is 2. The Morgan fingerprint density at radius 3 is 2.88 bits per heavy atom. The molecule has 132 valence electrons. The number of benzene rings is 1. The Labute approximate surface area is 147 Å². The molecule has 1 aliphatic heterocycles. The summed E-state index contributed by atoms with van der Waals surface area (Å²) in [7, 11) is 0. The molecule has 1 aromatic carbocycles. The van der Waals surface area contributed by atoms with Crippen molar-refractivity contribution in [1.82, 2.24) is 25.2 Å². The maximum absolute atomic E-state index is 12.1. The monoisotopic (exact) mass is 353 g/mol. The highest BCUT2D eigenvalue weighted by molar-refractivity contribution is 5.97. The van der Waals surface area contributed by atoms with E-state index in [2.05, 4.69) is 20.8 Å². The summed E-state index contributed by atoms with van der Waals surface area (Å²) < 4.78 is 12.2. The number of carbonyl (C=O) groups excluding carboxylic acids is 2. The molecule has 9 nitrogen and oxygen atoms in total. The van der Waals surface area contributed by atoms with Crippen LogP contribution in [0.5, 0.6) is 11.5 Å². The van der Waals surface area contributed by atoms with Gasteiger partial charge in [0.15, 0.2) is 23.0 Å². The van der Waals surface area contributed by atoms with Crippen LogP contribution in [0.2, 0.25) is 0 Å². The summed E-state index contributed by atoms with van der Waals surface area (Å²) in [6, 6.07) is 10.4. The molecule has 0 spiro atoms. The van der Waals surface area contributed by atoms with E-state index >= 15 is 0 Å². The second kappa shape index (κ2) is 6.71. The minimum atomic E-state index is -0.369. The fraction of sp³-hybridized carbons (Fsp3) is 0.176. The number of hydrogen-bond donors (Lipinski definition) is 2. The number of rotatable bonds is 5. The first-order chi connectivity index (χ1) is 12.7. The predicted octanol–water partition coefficient (Wildman–Crippen LogP) is 0.504. The molecule has 3 heterocycles. The molecule has 0 aliphatic carbocycles. The van der Waals surface area contributed by atoms with E-state index < -0.39 is 0 Å². The number of hydrogen-bond acceptors (Lipinski definition) is 6. The first-order valence-corrected chi connectivity index (χ1v) is 7.94. The molecule has 0 saturated carbocycles. The van der Waals surface area contributed by atoms with Crippen molar-refractivity contribution in [2.75, 3.05) is 13.3 Å². The van der Waals surface area contributed by atoms with Gasteiger partial charge < -0.3 is 20.1 Å². The van der Waals surface area contributed by atoms with E-state index in [1.807, 2.05) is 24.4 Å². The Morgan fingerprint density at radius 1 is 1.08 bits per heavy atom. The molecule has 0 fully saturated rings. The van der Waals surface area contributed by atoms with Gasteiger partial charge in [-0.3, -0.25) is 14.0 Å². The van der Waals surface area contributed by atoms with Crippen LogP contribution < -0.4 is 20.1 Å². The first kappa shape index (κ1) is 15.9. The van der Waals surface area contributed by atoms with Gasteiger partial charge in [-0.1, -0.05) is 6.07 Å². The van der Waals surface area contributed by atoms with Gasteiger partial charge in [-0.05, 0) is 30.3 Å². The fourth-order valence-corrected chi connectivity index (χ4v) is 2.55. The van der Waals surface area contributed by atoms with Crippen molar-refractivity contribution in [2.24, 2.45) is 0 Å². The van der Waals surface area contributed by atoms with Crippen molar-refractivity contribution in [3.63, 3.8) is 0 Å². The third-order valence-electron chi connectivity index (χ3n) is 3.87. The topological polar surface area (TPSA) is 107 Å². The van der Waals surface area contributed by atoms with E-state index in [9.17, 15) is 9.59 Å². The first-order valence-electron chi connectivity index (χ1n) is 7.94. The third kappa shape index (κ3) is 3.14. The molecular formula is C17H15N5O4. The van der Waals surface area contributed by atoms with Gasteiger partial charge in [-0.2, -0.15) is 0 Å². The van der Waals surface area contributed by atoms with Crippen LogP contribution in [0, 0.1) is 0 Å². The Bertz CT molecular complexity index is 984. The van der Waals surface area contributed by atoms with Gasteiger partial charge in [0.1, 0.15) is 0 Å². The van der Waals surface area contributed by atoms with Crippen LogP contribution in [-0.4, -0.2) is 39.8 Å². The van der Waals surface area contributed by atoms with Crippen molar-refractivity contribution in [3.8, 4) is 11.5 Å². The van der Waals surface area contributed by atoms with Gasteiger partial charge >= 0.3 is 0 Å². The van der Waals surface area contributed by atoms with Crippen LogP contribution in [0.3, 0.4) is 0 Å². The van der Waals surface area contributed by atoms with Crippen LogP contribution in [0.15, 0.2) is 42.6 Å². The standard InChI is InChI=1S/C17H15N5O4/c23-16(18-8-15-21-20-14-3-1-2-6-22(14)15)9-19-17(24)11-4-5-12-13(7-11)26-10-25-12/h1-7H,8-10H2,(H,18,23)(H,19,24). The zero-order valence-electron chi connectivity index (χ0n) is 13.6. The lowest BCUT2D eigenvalue weighted by molar-refractivity contribution is -0.120. The smallest absolute Gasteiger partial charge is 0.251 e. The number of pyridine rings is 1. The van der Waals surface area contributed by atoms with Crippen molar-refractivity contribution >= 4 is 17.5 Å². The summed E-state index contributed by atoms with van der Waals surface area (Å²) in [6.45, 7) is 0.202. The molecule has 2 aromatic heterocycles. The van der Waals surface area contributed by atoms with Gasteiger partial charge in [-0.15, -0.1) is 10.2 Å². The molecule has 9 heteroatoms. The fourth-order valence-electron chi connectivity index (χ4n) is 2.55. The van der Waals surface area contributed by atoms with E-state index in [0.29, 0.717) is 28.5 Å². The SMILES string of the molecule is O=C(CNC(=O)c1ccc2c(c1)OCO2)NCc1nnc2ccccn12. The molecule has 2 amide bonds. The summed E-state index contributed by atoms with van der Waals surface area (Å²) in [6.07, 6.45) is 1.82. The van der Waals surface area contributed by atoms with Crippen LogP contribution >= 0.6 is 0 Å². The molecule has 0 bridgehead atoms. The molecule has 26 heavy (non-hydrogen) atoms. The Morgan fingerprint density at radius 2 is 1.96 bits per heavy atom. The quantitative estimate of drug-likeness (QED) is 0.692. The Kier molecular flexibility index (Phi) is 4.10. The second-order valence-corrected chi connectivity index (χ2v) is 5.57. The molecular weight excluding hydrogens is 338 g/mol. The largest absolute Gasteiger partial charge is 0.454 e. The van der Waals surface area contributed by atoms with E-state index in [4.69, 9.17) is 9.47 Å². The van der Waals surface area contributed by atoms with Gasteiger partial charge in [0, 0.05) is 11.8 Å².